The second-order valence-corrected chi connectivity index (χ2v) is 6.72. The highest BCUT2D eigenvalue weighted by atomic mass is 32.2. The number of ether oxygens (including phenoxy) is 1. The third kappa shape index (κ3) is 3.25. The van der Waals surface area contributed by atoms with Gasteiger partial charge in [-0.15, -0.1) is 0 Å². The van der Waals surface area contributed by atoms with Crippen molar-refractivity contribution in [3.05, 3.63) is 30.1 Å². The molecule has 2 atom stereocenters. The zero-order valence-electron chi connectivity index (χ0n) is 11.6. The van der Waals surface area contributed by atoms with Gasteiger partial charge in [-0.1, -0.05) is 0 Å². The SMILES string of the molecule is CC(=O)O[C@@H]1C[C@H](C(=O)[O-])N(S(=O)(=O)c2ccc(F)cc2)C1. The summed E-state index contributed by atoms with van der Waals surface area (Å²) in [6.07, 6.45) is -1.06. The highest BCUT2D eigenvalue weighted by molar-refractivity contribution is 7.89. The molecule has 0 radical (unpaired) electrons. The summed E-state index contributed by atoms with van der Waals surface area (Å²) in [5.74, 6) is -2.84. The van der Waals surface area contributed by atoms with Crippen molar-refractivity contribution in [1.29, 1.82) is 0 Å². The molecule has 120 valence electrons. The maximum absolute atomic E-state index is 12.9. The van der Waals surface area contributed by atoms with Crippen LogP contribution >= 0.6 is 0 Å². The Morgan fingerprint density at radius 1 is 1.32 bits per heavy atom. The standard InChI is InChI=1S/C13H14FNO6S/c1-8(16)21-10-6-12(13(17)18)15(7-10)22(19,20)11-4-2-9(14)3-5-11/h2-5,10,12H,6-7H2,1H3,(H,17,18)/p-1/t10-,12-/m1/s1. The smallest absolute Gasteiger partial charge is 0.302 e. The van der Waals surface area contributed by atoms with Gasteiger partial charge in [0.05, 0.1) is 23.5 Å². The first kappa shape index (κ1) is 16.4. The minimum Gasteiger partial charge on any atom is -0.548 e. The molecule has 1 aliphatic heterocycles. The van der Waals surface area contributed by atoms with E-state index in [1.165, 1.54) is 0 Å². The summed E-state index contributed by atoms with van der Waals surface area (Å²) in [6.45, 7) is 0.850. The molecule has 1 aliphatic rings. The maximum atomic E-state index is 12.9. The molecule has 0 aromatic heterocycles. The lowest BCUT2D eigenvalue weighted by Gasteiger charge is -2.24. The molecule has 0 bridgehead atoms. The Bertz CT molecular complexity index is 687. The van der Waals surface area contributed by atoms with Crippen LogP contribution in [0.3, 0.4) is 0 Å². The first-order valence-electron chi connectivity index (χ1n) is 6.37. The van der Waals surface area contributed by atoms with Gasteiger partial charge >= 0.3 is 5.97 Å². The highest BCUT2D eigenvalue weighted by Crippen LogP contribution is 2.27. The average Bonchev–Trinajstić information content (AvgIpc) is 2.83. The van der Waals surface area contributed by atoms with Gasteiger partial charge in [-0.3, -0.25) is 4.79 Å². The molecular formula is C13H13FNO6S-. The van der Waals surface area contributed by atoms with E-state index in [1.807, 2.05) is 0 Å². The van der Waals surface area contributed by atoms with Gasteiger partial charge in [-0.05, 0) is 24.3 Å². The van der Waals surface area contributed by atoms with E-state index in [1.54, 1.807) is 0 Å². The number of carboxylic acids is 1. The van der Waals surface area contributed by atoms with Crippen molar-refractivity contribution < 1.29 is 32.2 Å². The zero-order chi connectivity index (χ0) is 16.5. The van der Waals surface area contributed by atoms with E-state index in [0.29, 0.717) is 4.31 Å². The molecule has 0 unspecified atom stereocenters. The van der Waals surface area contributed by atoms with Crippen LogP contribution in [0.2, 0.25) is 0 Å². The maximum Gasteiger partial charge on any atom is 0.302 e. The predicted molar refractivity (Wildman–Crippen MR) is 69.3 cm³/mol. The van der Waals surface area contributed by atoms with Gasteiger partial charge in [-0.2, -0.15) is 4.31 Å². The number of hydrogen-bond acceptors (Lipinski definition) is 6. The number of carbonyl (C=O) groups excluding carboxylic acids is 2. The second kappa shape index (κ2) is 6.01. The Balaban J connectivity index is 2.33. The van der Waals surface area contributed by atoms with Crippen LogP contribution in [-0.4, -0.2) is 43.4 Å². The molecule has 1 aromatic rings. The first-order chi connectivity index (χ1) is 10.2. The quantitative estimate of drug-likeness (QED) is 0.674. The van der Waals surface area contributed by atoms with E-state index in [0.717, 1.165) is 31.2 Å². The van der Waals surface area contributed by atoms with Crippen molar-refractivity contribution in [2.75, 3.05) is 6.54 Å². The van der Waals surface area contributed by atoms with E-state index in [4.69, 9.17) is 4.74 Å². The van der Waals surface area contributed by atoms with Crippen LogP contribution < -0.4 is 5.11 Å². The van der Waals surface area contributed by atoms with Gasteiger partial charge in [0.1, 0.15) is 11.9 Å². The minimum atomic E-state index is -4.16. The van der Waals surface area contributed by atoms with Crippen LogP contribution in [0.15, 0.2) is 29.2 Å². The molecule has 1 fully saturated rings. The Labute approximate surface area is 126 Å². The van der Waals surface area contributed by atoms with Crippen LogP contribution in [0.1, 0.15) is 13.3 Å². The number of carbonyl (C=O) groups is 2. The number of benzene rings is 1. The first-order valence-corrected chi connectivity index (χ1v) is 7.81. The van der Waals surface area contributed by atoms with Crippen LogP contribution in [0, 0.1) is 5.82 Å². The zero-order valence-corrected chi connectivity index (χ0v) is 12.4. The van der Waals surface area contributed by atoms with E-state index in [-0.39, 0.29) is 17.9 Å². The van der Waals surface area contributed by atoms with Crippen molar-refractivity contribution in [2.24, 2.45) is 0 Å². The molecule has 1 aromatic carbocycles. The number of carboxylic acid groups (broad SMARTS) is 1. The Morgan fingerprint density at radius 3 is 2.41 bits per heavy atom. The summed E-state index contributed by atoms with van der Waals surface area (Å²) in [5, 5.41) is 11.2. The van der Waals surface area contributed by atoms with Crippen LogP contribution in [-0.2, 0) is 24.3 Å². The molecule has 2 rings (SSSR count). The molecule has 1 saturated heterocycles. The number of halogens is 1. The van der Waals surface area contributed by atoms with Gasteiger partial charge in [0, 0.05) is 13.3 Å². The highest BCUT2D eigenvalue weighted by Gasteiger charge is 2.42. The monoisotopic (exact) mass is 330 g/mol. The molecule has 0 spiro atoms. The lowest BCUT2D eigenvalue weighted by molar-refractivity contribution is -0.309. The van der Waals surface area contributed by atoms with Crippen molar-refractivity contribution in [2.45, 2.75) is 30.4 Å². The average molecular weight is 330 g/mol. The van der Waals surface area contributed by atoms with Crippen molar-refractivity contribution in [3.63, 3.8) is 0 Å². The van der Waals surface area contributed by atoms with E-state index in [9.17, 15) is 27.5 Å². The fourth-order valence-corrected chi connectivity index (χ4v) is 3.93. The molecular weight excluding hydrogens is 317 g/mol. The van der Waals surface area contributed by atoms with Gasteiger partial charge in [0.2, 0.25) is 10.0 Å². The van der Waals surface area contributed by atoms with Gasteiger partial charge in [0.25, 0.3) is 0 Å². The fraction of sp³-hybridized carbons (Fsp3) is 0.385. The van der Waals surface area contributed by atoms with Gasteiger partial charge in [0.15, 0.2) is 0 Å². The van der Waals surface area contributed by atoms with E-state index < -0.39 is 39.9 Å². The molecule has 1 heterocycles. The Kier molecular flexibility index (Phi) is 4.47. The van der Waals surface area contributed by atoms with Gasteiger partial charge < -0.3 is 14.6 Å². The topological polar surface area (TPSA) is 104 Å². The summed E-state index contributed by atoms with van der Waals surface area (Å²) in [4.78, 5) is 21.9. The van der Waals surface area contributed by atoms with Crippen LogP contribution in [0.5, 0.6) is 0 Å². The fourth-order valence-electron chi connectivity index (χ4n) is 2.31. The summed E-state index contributed by atoms with van der Waals surface area (Å²) >= 11 is 0. The summed E-state index contributed by atoms with van der Waals surface area (Å²) < 4.78 is 43.4. The molecule has 7 nitrogen and oxygen atoms in total. The largest absolute Gasteiger partial charge is 0.548 e. The Morgan fingerprint density at radius 2 is 1.91 bits per heavy atom. The van der Waals surface area contributed by atoms with Crippen LogP contribution in [0.25, 0.3) is 0 Å². The third-order valence-electron chi connectivity index (χ3n) is 3.24. The molecule has 9 heteroatoms. The number of nitrogens with zero attached hydrogens (tertiary/aromatic N) is 1. The predicted octanol–water partition coefficient (Wildman–Crippen LogP) is -0.730. The summed E-state index contributed by atoms with van der Waals surface area (Å²) in [5.41, 5.74) is 0. The van der Waals surface area contributed by atoms with E-state index in [2.05, 4.69) is 0 Å². The molecule has 0 saturated carbocycles. The lowest BCUT2D eigenvalue weighted by atomic mass is 10.2. The van der Waals surface area contributed by atoms with E-state index >= 15 is 0 Å². The Hall–Kier alpha value is -2.00. The molecule has 0 amide bonds. The summed E-state index contributed by atoms with van der Waals surface area (Å²) in [7, 11) is -4.16. The van der Waals surface area contributed by atoms with Crippen molar-refractivity contribution >= 4 is 22.0 Å². The van der Waals surface area contributed by atoms with Crippen LogP contribution in [0.4, 0.5) is 4.39 Å². The number of rotatable bonds is 4. The van der Waals surface area contributed by atoms with Crippen molar-refractivity contribution in [3.8, 4) is 0 Å². The number of aliphatic carboxylic acids is 1. The lowest BCUT2D eigenvalue weighted by Crippen LogP contribution is -2.46. The van der Waals surface area contributed by atoms with Crippen molar-refractivity contribution in [1.82, 2.24) is 4.31 Å². The molecule has 22 heavy (non-hydrogen) atoms. The third-order valence-corrected chi connectivity index (χ3v) is 5.13. The normalized spacial score (nSPS) is 22.5. The van der Waals surface area contributed by atoms with Gasteiger partial charge in [-0.25, -0.2) is 12.8 Å². The number of sulfonamides is 1. The molecule has 0 aliphatic carbocycles. The minimum absolute atomic E-state index is 0.192. The number of hydrogen-bond donors (Lipinski definition) is 0. The number of esters is 1. The second-order valence-electron chi connectivity index (χ2n) is 4.83. The molecule has 0 N–H and O–H groups in total. The summed E-state index contributed by atoms with van der Waals surface area (Å²) in [6, 6.07) is 2.55.